The van der Waals surface area contributed by atoms with Crippen molar-refractivity contribution < 1.29 is 14.7 Å². The number of benzene rings is 1. The van der Waals surface area contributed by atoms with E-state index in [0.29, 0.717) is 18.9 Å². The predicted molar refractivity (Wildman–Crippen MR) is 84.0 cm³/mol. The van der Waals surface area contributed by atoms with Crippen LogP contribution in [0.25, 0.3) is 0 Å². The highest BCUT2D eigenvalue weighted by atomic mass is 16.4. The van der Waals surface area contributed by atoms with E-state index in [0.717, 1.165) is 44.2 Å². The molecule has 1 aliphatic carbocycles. The summed E-state index contributed by atoms with van der Waals surface area (Å²) in [5, 5.41) is 8.82. The standard InChI is InChI=1S/C18H23NO3/c20-17(21)10-9-13-4-3-11-19(12-13)18(22)16-8-2-6-14-5-1-7-15(14)16/h2,6,8,13H,1,3-5,7,9-12H2,(H,20,21). The van der Waals surface area contributed by atoms with E-state index in [-0.39, 0.29) is 12.3 Å². The minimum absolute atomic E-state index is 0.138. The van der Waals surface area contributed by atoms with Crippen molar-refractivity contribution in [3.8, 4) is 0 Å². The van der Waals surface area contributed by atoms with Crippen LogP contribution in [0.15, 0.2) is 18.2 Å². The summed E-state index contributed by atoms with van der Waals surface area (Å²) in [5.74, 6) is -0.284. The summed E-state index contributed by atoms with van der Waals surface area (Å²) in [5.41, 5.74) is 3.43. The molecule has 22 heavy (non-hydrogen) atoms. The topological polar surface area (TPSA) is 57.6 Å². The Kier molecular flexibility index (Phi) is 4.46. The second-order valence-corrected chi connectivity index (χ2v) is 6.49. The number of fused-ring (bicyclic) bond motifs is 1. The fraction of sp³-hybridized carbons (Fsp3) is 0.556. The van der Waals surface area contributed by atoms with Crippen molar-refractivity contribution in [2.45, 2.75) is 44.9 Å². The first-order valence-electron chi connectivity index (χ1n) is 8.27. The lowest BCUT2D eigenvalue weighted by atomic mass is 9.92. The van der Waals surface area contributed by atoms with Gasteiger partial charge >= 0.3 is 5.97 Å². The highest BCUT2D eigenvalue weighted by molar-refractivity contribution is 5.96. The molecule has 1 aromatic rings. The maximum absolute atomic E-state index is 12.9. The first kappa shape index (κ1) is 15.1. The van der Waals surface area contributed by atoms with Crippen LogP contribution in [0.4, 0.5) is 0 Å². The number of amides is 1. The molecule has 1 aromatic carbocycles. The van der Waals surface area contributed by atoms with E-state index in [9.17, 15) is 9.59 Å². The third kappa shape index (κ3) is 3.16. The number of carbonyl (C=O) groups excluding carboxylic acids is 1. The Bertz CT molecular complexity index is 582. The van der Waals surface area contributed by atoms with Crippen molar-refractivity contribution in [1.82, 2.24) is 4.90 Å². The molecule has 4 heteroatoms. The monoisotopic (exact) mass is 301 g/mol. The van der Waals surface area contributed by atoms with E-state index >= 15 is 0 Å². The van der Waals surface area contributed by atoms with E-state index in [2.05, 4.69) is 6.07 Å². The molecule has 1 heterocycles. The van der Waals surface area contributed by atoms with Gasteiger partial charge in [0.25, 0.3) is 5.91 Å². The molecular formula is C18H23NO3. The summed E-state index contributed by atoms with van der Waals surface area (Å²) < 4.78 is 0. The largest absolute Gasteiger partial charge is 0.481 e. The minimum Gasteiger partial charge on any atom is -0.481 e. The van der Waals surface area contributed by atoms with Crippen LogP contribution < -0.4 is 0 Å². The van der Waals surface area contributed by atoms with Gasteiger partial charge in [-0.25, -0.2) is 0 Å². The molecule has 0 bridgehead atoms. The highest BCUT2D eigenvalue weighted by Gasteiger charge is 2.27. The Balaban J connectivity index is 1.70. The second kappa shape index (κ2) is 6.51. The molecule has 1 atom stereocenters. The second-order valence-electron chi connectivity index (χ2n) is 6.49. The van der Waals surface area contributed by atoms with Crippen molar-refractivity contribution >= 4 is 11.9 Å². The molecule has 1 saturated heterocycles. The van der Waals surface area contributed by atoms with Gasteiger partial charge in [-0.3, -0.25) is 9.59 Å². The van der Waals surface area contributed by atoms with Gasteiger partial charge in [0.1, 0.15) is 0 Å². The van der Waals surface area contributed by atoms with Crippen LogP contribution in [-0.2, 0) is 17.6 Å². The van der Waals surface area contributed by atoms with Crippen LogP contribution in [0.2, 0.25) is 0 Å². The van der Waals surface area contributed by atoms with Gasteiger partial charge in [-0.05, 0) is 61.6 Å². The number of aryl methyl sites for hydroxylation is 1. The number of rotatable bonds is 4. The smallest absolute Gasteiger partial charge is 0.303 e. The summed E-state index contributed by atoms with van der Waals surface area (Å²) >= 11 is 0. The van der Waals surface area contributed by atoms with E-state index < -0.39 is 5.97 Å². The third-order valence-electron chi connectivity index (χ3n) is 4.95. The van der Waals surface area contributed by atoms with E-state index in [4.69, 9.17) is 5.11 Å². The molecule has 0 radical (unpaired) electrons. The number of likely N-dealkylation sites (tertiary alicyclic amines) is 1. The Morgan fingerprint density at radius 1 is 1.23 bits per heavy atom. The number of hydrogen-bond acceptors (Lipinski definition) is 2. The number of carbonyl (C=O) groups is 2. The Morgan fingerprint density at radius 3 is 2.91 bits per heavy atom. The zero-order valence-corrected chi connectivity index (χ0v) is 12.9. The SMILES string of the molecule is O=C(O)CCC1CCCN(C(=O)c2cccc3c2CCC3)C1. The number of hydrogen-bond donors (Lipinski definition) is 1. The lowest BCUT2D eigenvalue weighted by Crippen LogP contribution is -2.40. The normalized spacial score (nSPS) is 20.7. The fourth-order valence-corrected chi connectivity index (χ4v) is 3.80. The Morgan fingerprint density at radius 2 is 2.09 bits per heavy atom. The summed E-state index contributed by atoms with van der Waals surface area (Å²) in [4.78, 5) is 25.5. The average molecular weight is 301 g/mol. The first-order chi connectivity index (χ1) is 10.6. The maximum Gasteiger partial charge on any atom is 0.303 e. The quantitative estimate of drug-likeness (QED) is 0.930. The van der Waals surface area contributed by atoms with Gasteiger partial charge in [0, 0.05) is 25.1 Å². The van der Waals surface area contributed by atoms with E-state index in [1.54, 1.807) is 0 Å². The summed E-state index contributed by atoms with van der Waals surface area (Å²) in [6.07, 6.45) is 6.11. The maximum atomic E-state index is 12.9. The molecule has 1 N–H and O–H groups in total. The van der Waals surface area contributed by atoms with Gasteiger partial charge in [-0.1, -0.05) is 12.1 Å². The molecule has 1 fully saturated rings. The molecule has 1 amide bonds. The van der Waals surface area contributed by atoms with Gasteiger partial charge in [0.15, 0.2) is 0 Å². The minimum atomic E-state index is -0.746. The first-order valence-corrected chi connectivity index (χ1v) is 8.27. The molecule has 1 aliphatic heterocycles. The third-order valence-corrected chi connectivity index (χ3v) is 4.95. The number of carboxylic acid groups (broad SMARTS) is 1. The van der Waals surface area contributed by atoms with Crippen molar-refractivity contribution in [2.24, 2.45) is 5.92 Å². The van der Waals surface area contributed by atoms with Gasteiger partial charge in [-0.2, -0.15) is 0 Å². The molecule has 0 aromatic heterocycles. The molecule has 118 valence electrons. The van der Waals surface area contributed by atoms with Crippen LogP contribution in [0.5, 0.6) is 0 Å². The molecule has 1 unspecified atom stereocenters. The number of nitrogens with zero attached hydrogens (tertiary/aromatic N) is 1. The zero-order valence-electron chi connectivity index (χ0n) is 12.9. The van der Waals surface area contributed by atoms with E-state index in [1.807, 2.05) is 17.0 Å². The van der Waals surface area contributed by atoms with Crippen molar-refractivity contribution in [2.75, 3.05) is 13.1 Å². The summed E-state index contributed by atoms with van der Waals surface area (Å²) in [7, 11) is 0. The van der Waals surface area contributed by atoms with Crippen molar-refractivity contribution in [3.05, 3.63) is 34.9 Å². The van der Waals surface area contributed by atoms with Crippen LogP contribution in [0.1, 0.15) is 53.6 Å². The Hall–Kier alpha value is -1.84. The zero-order chi connectivity index (χ0) is 15.5. The lowest BCUT2D eigenvalue weighted by Gasteiger charge is -2.33. The molecule has 4 nitrogen and oxygen atoms in total. The van der Waals surface area contributed by atoms with Crippen LogP contribution in [-0.4, -0.2) is 35.0 Å². The molecule has 0 spiro atoms. The summed E-state index contributed by atoms with van der Waals surface area (Å²) in [6, 6.07) is 6.07. The number of aliphatic carboxylic acids is 1. The van der Waals surface area contributed by atoms with Crippen LogP contribution >= 0.6 is 0 Å². The molecule has 0 saturated carbocycles. The van der Waals surface area contributed by atoms with Gasteiger partial charge < -0.3 is 10.0 Å². The van der Waals surface area contributed by atoms with Crippen LogP contribution in [0, 0.1) is 5.92 Å². The van der Waals surface area contributed by atoms with E-state index in [1.165, 1.54) is 11.1 Å². The van der Waals surface area contributed by atoms with Gasteiger partial charge in [0.2, 0.25) is 0 Å². The number of piperidine rings is 1. The van der Waals surface area contributed by atoms with Gasteiger partial charge in [0.05, 0.1) is 0 Å². The lowest BCUT2D eigenvalue weighted by molar-refractivity contribution is -0.137. The molecule has 3 rings (SSSR count). The summed E-state index contributed by atoms with van der Waals surface area (Å²) in [6.45, 7) is 1.50. The predicted octanol–water partition coefficient (Wildman–Crippen LogP) is 2.89. The molecule has 2 aliphatic rings. The number of carboxylic acids is 1. The molecular weight excluding hydrogens is 278 g/mol. The Labute approximate surface area is 131 Å². The highest BCUT2D eigenvalue weighted by Crippen LogP contribution is 2.28. The van der Waals surface area contributed by atoms with Crippen molar-refractivity contribution in [1.29, 1.82) is 0 Å². The van der Waals surface area contributed by atoms with Crippen LogP contribution in [0.3, 0.4) is 0 Å². The average Bonchev–Trinajstić information content (AvgIpc) is 3.01. The fourth-order valence-electron chi connectivity index (χ4n) is 3.80. The van der Waals surface area contributed by atoms with Gasteiger partial charge in [-0.15, -0.1) is 0 Å². The van der Waals surface area contributed by atoms with Crippen molar-refractivity contribution in [3.63, 3.8) is 0 Å².